The van der Waals surface area contributed by atoms with E-state index in [1.807, 2.05) is 37.3 Å². The van der Waals surface area contributed by atoms with E-state index in [0.717, 1.165) is 16.7 Å². The van der Waals surface area contributed by atoms with Crippen molar-refractivity contribution in [2.24, 2.45) is 5.73 Å². The van der Waals surface area contributed by atoms with Gasteiger partial charge in [0.2, 0.25) is 0 Å². The van der Waals surface area contributed by atoms with E-state index in [0.29, 0.717) is 29.8 Å². The Hall–Kier alpha value is -2.33. The number of ether oxygens (including phenoxy) is 1. The lowest BCUT2D eigenvalue weighted by Crippen LogP contribution is -1.98. The second-order valence-corrected chi connectivity index (χ2v) is 4.78. The number of nitrogens with zero attached hydrogens (tertiary/aromatic N) is 1. The van der Waals surface area contributed by atoms with Gasteiger partial charge < -0.3 is 14.9 Å². The average molecular weight is 284 g/mol. The van der Waals surface area contributed by atoms with Crippen LogP contribution in [0, 0.1) is 6.92 Å². The molecule has 0 spiro atoms. The van der Waals surface area contributed by atoms with E-state index in [-0.39, 0.29) is 0 Å². The van der Waals surface area contributed by atoms with E-state index < -0.39 is 0 Å². The molecule has 0 amide bonds. The van der Waals surface area contributed by atoms with Crippen molar-refractivity contribution in [2.45, 2.75) is 27.3 Å². The van der Waals surface area contributed by atoms with Gasteiger partial charge in [-0.3, -0.25) is 0 Å². The molecule has 0 saturated heterocycles. The second kappa shape index (κ2) is 6.41. The third kappa shape index (κ3) is 3.41. The van der Waals surface area contributed by atoms with Crippen molar-refractivity contribution in [1.29, 1.82) is 0 Å². The van der Waals surface area contributed by atoms with Crippen LogP contribution in [0.5, 0.6) is 5.88 Å². The van der Waals surface area contributed by atoms with Crippen LogP contribution in [0.1, 0.15) is 36.6 Å². The predicted octanol–water partition coefficient (Wildman–Crippen LogP) is 3.81. The highest BCUT2D eigenvalue weighted by Crippen LogP contribution is 2.32. The Morgan fingerprint density at radius 1 is 1.48 bits per heavy atom. The molecule has 0 fully saturated rings. The van der Waals surface area contributed by atoms with Crippen LogP contribution in [0.4, 0.5) is 0 Å². The molecule has 1 aromatic carbocycles. The number of allylic oxidation sites excluding steroid dienone is 2. The van der Waals surface area contributed by atoms with Crippen LogP contribution in [0.3, 0.4) is 0 Å². The van der Waals surface area contributed by atoms with Gasteiger partial charge in [0.25, 0.3) is 5.88 Å². The molecule has 1 heterocycles. The van der Waals surface area contributed by atoms with Crippen LogP contribution in [-0.2, 0) is 6.54 Å². The molecule has 0 aliphatic carbocycles. The van der Waals surface area contributed by atoms with Crippen LogP contribution in [-0.4, -0.2) is 4.98 Å². The molecule has 0 aliphatic heterocycles. The summed E-state index contributed by atoms with van der Waals surface area (Å²) in [6.45, 7) is 9.76. The molecule has 0 bridgehead atoms. The molecule has 4 nitrogen and oxygen atoms in total. The van der Waals surface area contributed by atoms with E-state index in [1.54, 1.807) is 13.8 Å². The summed E-state index contributed by atoms with van der Waals surface area (Å²) in [4.78, 5) is 4.27. The minimum atomic E-state index is 0.436. The van der Waals surface area contributed by atoms with E-state index in [9.17, 15) is 0 Å². The summed E-state index contributed by atoms with van der Waals surface area (Å²) in [5.41, 5.74) is 8.70. The highest BCUT2D eigenvalue weighted by Gasteiger charge is 2.18. The normalized spacial score (nSPS) is 11.5. The Morgan fingerprint density at radius 3 is 2.86 bits per heavy atom. The number of nitrogens with two attached hydrogens (primary N) is 1. The molecular formula is C17H20N2O2. The van der Waals surface area contributed by atoms with Gasteiger partial charge in [0, 0.05) is 19.0 Å². The standard InChI is InChI=1S/C17H20N2O2/c1-5-15(14-8-6-7-13(9-14)10-18)16-17(20-11(2)3)19-12(4)21-16/h5-9H,2,10,18H2,1,3-4H3/b15-5-. The summed E-state index contributed by atoms with van der Waals surface area (Å²) in [5.74, 6) is 2.16. The average Bonchev–Trinajstić information content (AvgIpc) is 2.80. The molecule has 0 atom stereocenters. The third-order valence-electron chi connectivity index (χ3n) is 2.98. The van der Waals surface area contributed by atoms with Crippen LogP contribution in [0.15, 0.2) is 47.1 Å². The van der Waals surface area contributed by atoms with Gasteiger partial charge in [-0.25, -0.2) is 0 Å². The molecule has 0 saturated carbocycles. The Balaban J connectivity index is 2.49. The van der Waals surface area contributed by atoms with Crippen molar-refractivity contribution in [1.82, 2.24) is 4.98 Å². The number of oxazole rings is 1. The first kappa shape index (κ1) is 15.1. The number of aromatic nitrogens is 1. The number of benzene rings is 1. The molecule has 110 valence electrons. The van der Waals surface area contributed by atoms with Gasteiger partial charge in [-0.05, 0) is 31.0 Å². The topological polar surface area (TPSA) is 61.3 Å². The first-order valence-electron chi connectivity index (χ1n) is 6.82. The van der Waals surface area contributed by atoms with Crippen LogP contribution in [0.25, 0.3) is 5.57 Å². The molecule has 2 aromatic rings. The highest BCUT2D eigenvalue weighted by molar-refractivity contribution is 5.79. The Bertz CT molecular complexity index is 684. The van der Waals surface area contributed by atoms with Crippen molar-refractivity contribution < 1.29 is 9.15 Å². The minimum Gasteiger partial charge on any atom is -0.441 e. The SMILES string of the molecule is C=C(C)Oc1nc(C)oc1/C(=C\C)c1cccc(CN)c1. The molecule has 0 unspecified atom stereocenters. The van der Waals surface area contributed by atoms with E-state index >= 15 is 0 Å². The number of aryl methyl sites for hydroxylation is 1. The lowest BCUT2D eigenvalue weighted by atomic mass is 10.0. The van der Waals surface area contributed by atoms with Crippen molar-refractivity contribution in [2.75, 3.05) is 0 Å². The zero-order valence-electron chi connectivity index (χ0n) is 12.6. The molecule has 0 radical (unpaired) electrons. The Labute approximate surface area is 124 Å². The fraction of sp³-hybridized carbons (Fsp3) is 0.235. The van der Waals surface area contributed by atoms with Gasteiger partial charge in [0.1, 0.15) is 0 Å². The molecule has 2 N–H and O–H groups in total. The maximum absolute atomic E-state index is 5.72. The summed E-state index contributed by atoms with van der Waals surface area (Å²) in [5, 5.41) is 0. The molecule has 21 heavy (non-hydrogen) atoms. The molecule has 4 heteroatoms. The van der Waals surface area contributed by atoms with E-state index in [4.69, 9.17) is 14.9 Å². The minimum absolute atomic E-state index is 0.436. The maximum atomic E-state index is 5.72. The van der Waals surface area contributed by atoms with E-state index in [1.165, 1.54) is 0 Å². The summed E-state index contributed by atoms with van der Waals surface area (Å²) in [6, 6.07) is 8.02. The van der Waals surface area contributed by atoms with Gasteiger partial charge in [-0.15, -0.1) is 0 Å². The van der Waals surface area contributed by atoms with Gasteiger partial charge in [0.15, 0.2) is 11.7 Å². The number of rotatable bonds is 5. The lowest BCUT2D eigenvalue weighted by molar-refractivity contribution is 0.407. The first-order valence-corrected chi connectivity index (χ1v) is 6.82. The van der Waals surface area contributed by atoms with Gasteiger partial charge in [-0.2, -0.15) is 4.98 Å². The molecule has 1 aromatic heterocycles. The molecule has 0 aliphatic rings. The van der Waals surface area contributed by atoms with Crippen LogP contribution in [0.2, 0.25) is 0 Å². The predicted molar refractivity (Wildman–Crippen MR) is 83.8 cm³/mol. The second-order valence-electron chi connectivity index (χ2n) is 4.78. The zero-order chi connectivity index (χ0) is 15.4. The highest BCUT2D eigenvalue weighted by atomic mass is 16.5. The lowest BCUT2D eigenvalue weighted by Gasteiger charge is -2.08. The Morgan fingerprint density at radius 2 is 2.24 bits per heavy atom. The van der Waals surface area contributed by atoms with Crippen molar-refractivity contribution in [3.8, 4) is 5.88 Å². The fourth-order valence-corrected chi connectivity index (χ4v) is 2.11. The van der Waals surface area contributed by atoms with Crippen molar-refractivity contribution >= 4 is 5.57 Å². The first-order chi connectivity index (χ1) is 10.0. The quantitative estimate of drug-likeness (QED) is 0.848. The summed E-state index contributed by atoms with van der Waals surface area (Å²) in [6.07, 6.45) is 1.97. The van der Waals surface area contributed by atoms with Crippen LogP contribution < -0.4 is 10.5 Å². The largest absolute Gasteiger partial charge is 0.441 e. The fourth-order valence-electron chi connectivity index (χ4n) is 2.11. The summed E-state index contributed by atoms with van der Waals surface area (Å²) in [7, 11) is 0. The summed E-state index contributed by atoms with van der Waals surface area (Å²) < 4.78 is 11.3. The Kier molecular flexibility index (Phi) is 4.60. The zero-order valence-corrected chi connectivity index (χ0v) is 12.6. The number of hydrogen-bond acceptors (Lipinski definition) is 4. The number of hydrogen-bond donors (Lipinski definition) is 1. The van der Waals surface area contributed by atoms with E-state index in [2.05, 4.69) is 11.6 Å². The van der Waals surface area contributed by atoms with Crippen molar-refractivity contribution in [3.05, 3.63) is 65.5 Å². The summed E-state index contributed by atoms with van der Waals surface area (Å²) >= 11 is 0. The van der Waals surface area contributed by atoms with Crippen molar-refractivity contribution in [3.63, 3.8) is 0 Å². The third-order valence-corrected chi connectivity index (χ3v) is 2.98. The van der Waals surface area contributed by atoms with Crippen LogP contribution >= 0.6 is 0 Å². The maximum Gasteiger partial charge on any atom is 0.266 e. The van der Waals surface area contributed by atoms with Gasteiger partial charge in [-0.1, -0.05) is 30.9 Å². The van der Waals surface area contributed by atoms with Gasteiger partial charge >= 0.3 is 0 Å². The molecular weight excluding hydrogens is 264 g/mol. The molecule has 2 rings (SSSR count). The van der Waals surface area contributed by atoms with Gasteiger partial charge in [0.05, 0.1) is 5.76 Å². The monoisotopic (exact) mass is 284 g/mol. The smallest absolute Gasteiger partial charge is 0.266 e.